The molecule has 0 aliphatic carbocycles. The van der Waals surface area contributed by atoms with Gasteiger partial charge in [-0.2, -0.15) is 0 Å². The van der Waals surface area contributed by atoms with Crippen molar-refractivity contribution in [2.24, 2.45) is 5.73 Å². The fourth-order valence-corrected chi connectivity index (χ4v) is 1.54. The molecule has 0 aromatic heterocycles. The molecule has 0 aliphatic rings. The van der Waals surface area contributed by atoms with E-state index in [4.69, 9.17) is 22.1 Å². The number of hydrogen-bond donors (Lipinski definition) is 2. The minimum absolute atomic E-state index is 0.0280. The number of nitrogens with two attached hydrogens (primary N) is 1. The normalized spacial score (nSPS) is 9.63. The number of carbonyl (C=O) groups excluding carboxylic acids is 1. The molecule has 1 amide bonds. The smallest absolute Gasteiger partial charge is 0.250 e. The van der Waals surface area contributed by atoms with Gasteiger partial charge in [0.1, 0.15) is 6.61 Å². The average Bonchev–Trinajstić information content (AvgIpc) is 2.39. The highest BCUT2D eigenvalue weighted by Gasteiger charge is 2.06. The van der Waals surface area contributed by atoms with Gasteiger partial charge in [-0.1, -0.05) is 30.4 Å². The van der Waals surface area contributed by atoms with Gasteiger partial charge in [0, 0.05) is 17.2 Å². The van der Waals surface area contributed by atoms with E-state index >= 15 is 0 Å². The summed E-state index contributed by atoms with van der Waals surface area (Å²) in [5.74, 6) is 5.39. The Balaban J connectivity index is 2.74. The Hall–Kier alpha value is -1.54. The van der Waals surface area contributed by atoms with Crippen LogP contribution >= 0.6 is 11.6 Å². The van der Waals surface area contributed by atoms with Crippen molar-refractivity contribution in [1.82, 2.24) is 0 Å². The average molecular weight is 281 g/mol. The first-order valence-electron chi connectivity index (χ1n) is 6.03. The summed E-state index contributed by atoms with van der Waals surface area (Å²) in [5.41, 5.74) is 6.58. The molecule has 0 saturated heterocycles. The zero-order valence-corrected chi connectivity index (χ0v) is 11.6. The monoisotopic (exact) mass is 280 g/mol. The van der Waals surface area contributed by atoms with Crippen molar-refractivity contribution in [2.75, 3.05) is 25.1 Å². The van der Waals surface area contributed by atoms with Gasteiger partial charge in [-0.25, -0.2) is 0 Å². The van der Waals surface area contributed by atoms with Crippen LogP contribution in [-0.2, 0) is 9.53 Å². The summed E-state index contributed by atoms with van der Waals surface area (Å²) in [7, 11) is 0. The highest BCUT2D eigenvalue weighted by molar-refractivity contribution is 6.30. The van der Waals surface area contributed by atoms with Crippen molar-refractivity contribution in [1.29, 1.82) is 0 Å². The minimum Gasteiger partial charge on any atom is -0.372 e. The lowest BCUT2D eigenvalue weighted by atomic mass is 10.2. The van der Waals surface area contributed by atoms with E-state index in [2.05, 4.69) is 17.2 Å². The third kappa shape index (κ3) is 5.75. The summed E-state index contributed by atoms with van der Waals surface area (Å²) in [4.78, 5) is 11.7. The van der Waals surface area contributed by atoms with Crippen molar-refractivity contribution < 1.29 is 9.53 Å². The van der Waals surface area contributed by atoms with Crippen LogP contribution in [0, 0.1) is 11.8 Å². The van der Waals surface area contributed by atoms with Crippen molar-refractivity contribution >= 4 is 23.2 Å². The molecular weight excluding hydrogens is 264 g/mol. The molecule has 0 bridgehead atoms. The molecule has 5 heteroatoms. The van der Waals surface area contributed by atoms with Crippen LogP contribution < -0.4 is 11.1 Å². The second-order valence-corrected chi connectivity index (χ2v) is 4.23. The first kappa shape index (κ1) is 15.5. The van der Waals surface area contributed by atoms with Gasteiger partial charge >= 0.3 is 0 Å². The SMILES string of the molecule is CCCOCC(=O)Nc1ccc(Cl)cc1C#CCN. The predicted molar refractivity (Wildman–Crippen MR) is 77.1 cm³/mol. The lowest BCUT2D eigenvalue weighted by molar-refractivity contribution is -0.120. The molecule has 0 spiro atoms. The molecule has 0 fully saturated rings. The van der Waals surface area contributed by atoms with Crippen LogP contribution in [0.3, 0.4) is 0 Å². The zero-order valence-electron chi connectivity index (χ0n) is 10.8. The van der Waals surface area contributed by atoms with Crippen molar-refractivity contribution in [3.63, 3.8) is 0 Å². The van der Waals surface area contributed by atoms with Crippen LogP contribution in [0.15, 0.2) is 18.2 Å². The summed E-state index contributed by atoms with van der Waals surface area (Å²) in [6, 6.07) is 5.09. The second-order valence-electron chi connectivity index (χ2n) is 3.80. The Bertz CT molecular complexity index is 492. The maximum atomic E-state index is 11.7. The maximum absolute atomic E-state index is 11.7. The fourth-order valence-electron chi connectivity index (χ4n) is 1.37. The summed E-state index contributed by atoms with van der Waals surface area (Å²) < 4.78 is 5.17. The topological polar surface area (TPSA) is 64.3 Å². The van der Waals surface area contributed by atoms with Crippen LogP contribution in [0.2, 0.25) is 5.02 Å². The lowest BCUT2D eigenvalue weighted by Crippen LogP contribution is -2.19. The van der Waals surface area contributed by atoms with Crippen LogP contribution in [0.5, 0.6) is 0 Å². The quantitative estimate of drug-likeness (QED) is 0.641. The molecule has 3 N–H and O–H groups in total. The van der Waals surface area contributed by atoms with Gasteiger partial charge in [0.05, 0.1) is 12.2 Å². The maximum Gasteiger partial charge on any atom is 0.250 e. The molecule has 1 aromatic carbocycles. The van der Waals surface area contributed by atoms with E-state index in [9.17, 15) is 4.79 Å². The van der Waals surface area contributed by atoms with E-state index in [0.29, 0.717) is 22.9 Å². The number of carbonyl (C=O) groups is 1. The highest BCUT2D eigenvalue weighted by Crippen LogP contribution is 2.19. The van der Waals surface area contributed by atoms with Gasteiger partial charge in [-0.3, -0.25) is 4.79 Å². The number of hydrogen-bond acceptors (Lipinski definition) is 3. The third-order valence-electron chi connectivity index (χ3n) is 2.16. The summed E-state index contributed by atoms with van der Waals surface area (Å²) in [6.45, 7) is 2.82. The van der Waals surface area contributed by atoms with Crippen molar-refractivity contribution in [3.05, 3.63) is 28.8 Å². The lowest BCUT2D eigenvalue weighted by Gasteiger charge is -2.08. The van der Waals surface area contributed by atoms with Gasteiger partial charge in [0.2, 0.25) is 5.91 Å². The van der Waals surface area contributed by atoms with Gasteiger partial charge in [0.25, 0.3) is 0 Å². The number of nitrogens with one attached hydrogen (secondary N) is 1. The van der Waals surface area contributed by atoms with Crippen molar-refractivity contribution in [2.45, 2.75) is 13.3 Å². The van der Waals surface area contributed by atoms with Gasteiger partial charge in [0.15, 0.2) is 0 Å². The van der Waals surface area contributed by atoms with Crippen LogP contribution in [-0.4, -0.2) is 25.7 Å². The molecule has 0 aliphatic heterocycles. The van der Waals surface area contributed by atoms with E-state index in [1.807, 2.05) is 6.92 Å². The largest absolute Gasteiger partial charge is 0.372 e. The molecule has 0 heterocycles. The Labute approximate surface area is 118 Å². The number of ether oxygens (including phenoxy) is 1. The number of rotatable bonds is 5. The Morgan fingerprint density at radius 1 is 1.53 bits per heavy atom. The van der Waals surface area contributed by atoms with E-state index in [1.165, 1.54) is 0 Å². The fraction of sp³-hybridized carbons (Fsp3) is 0.357. The highest BCUT2D eigenvalue weighted by atomic mass is 35.5. The van der Waals surface area contributed by atoms with Crippen LogP contribution in [0.4, 0.5) is 5.69 Å². The molecular formula is C14H17ClN2O2. The van der Waals surface area contributed by atoms with Crippen LogP contribution in [0.1, 0.15) is 18.9 Å². The Morgan fingerprint density at radius 2 is 2.32 bits per heavy atom. The van der Waals surface area contributed by atoms with Crippen LogP contribution in [0.25, 0.3) is 0 Å². The standard InChI is InChI=1S/C14H17ClN2O2/c1-2-8-19-10-14(18)17-13-6-5-12(15)9-11(13)4-3-7-16/h5-6,9H,2,7-8,10,16H2,1H3,(H,17,18). The molecule has 0 unspecified atom stereocenters. The van der Waals surface area contributed by atoms with Gasteiger partial charge in [-0.15, -0.1) is 0 Å². The van der Waals surface area contributed by atoms with E-state index < -0.39 is 0 Å². The molecule has 102 valence electrons. The van der Waals surface area contributed by atoms with Gasteiger partial charge in [-0.05, 0) is 24.6 Å². The Kier molecular flexibility index (Phi) is 6.98. The van der Waals surface area contributed by atoms with E-state index in [0.717, 1.165) is 6.42 Å². The first-order valence-corrected chi connectivity index (χ1v) is 6.41. The van der Waals surface area contributed by atoms with E-state index in [-0.39, 0.29) is 19.1 Å². The predicted octanol–water partition coefficient (Wildman–Crippen LogP) is 2.02. The van der Waals surface area contributed by atoms with Crippen molar-refractivity contribution in [3.8, 4) is 11.8 Å². The molecule has 0 radical (unpaired) electrons. The zero-order chi connectivity index (χ0) is 14.1. The second kappa shape index (κ2) is 8.54. The summed E-state index contributed by atoms with van der Waals surface area (Å²) in [5, 5.41) is 3.30. The van der Waals surface area contributed by atoms with E-state index in [1.54, 1.807) is 18.2 Å². The molecule has 0 atom stereocenters. The minimum atomic E-state index is -0.216. The molecule has 0 saturated carbocycles. The summed E-state index contributed by atoms with van der Waals surface area (Å²) >= 11 is 5.90. The molecule has 4 nitrogen and oxygen atoms in total. The molecule has 19 heavy (non-hydrogen) atoms. The summed E-state index contributed by atoms with van der Waals surface area (Å²) in [6.07, 6.45) is 0.876. The third-order valence-corrected chi connectivity index (χ3v) is 2.40. The number of anilines is 1. The Morgan fingerprint density at radius 3 is 3.00 bits per heavy atom. The van der Waals surface area contributed by atoms with Gasteiger partial charge < -0.3 is 15.8 Å². The number of halogens is 1. The number of benzene rings is 1. The molecule has 1 rings (SSSR count). The first-order chi connectivity index (χ1) is 9.17. The molecule has 1 aromatic rings. The number of amides is 1.